The molecule has 0 saturated carbocycles. The van der Waals surface area contributed by atoms with Crippen molar-refractivity contribution in [3.8, 4) is 5.82 Å². The second-order valence-corrected chi connectivity index (χ2v) is 5.12. The lowest BCUT2D eigenvalue weighted by atomic mass is 10.2. The molecule has 112 valence electrons. The smallest absolute Gasteiger partial charge is 0.224 e. The molecule has 0 aliphatic rings. The number of rotatable bonds is 7. The maximum atomic E-state index is 11.8. The zero-order chi connectivity index (χ0) is 15.1. The van der Waals surface area contributed by atoms with Gasteiger partial charge in [0, 0.05) is 24.9 Å². The Labute approximate surface area is 124 Å². The Morgan fingerprint density at radius 2 is 2.24 bits per heavy atom. The third-order valence-corrected chi connectivity index (χ3v) is 2.90. The minimum Gasteiger partial charge on any atom is -0.325 e. The Bertz CT molecular complexity index is 548. The van der Waals surface area contributed by atoms with Crippen LogP contribution in [0.1, 0.15) is 26.7 Å². The van der Waals surface area contributed by atoms with E-state index in [9.17, 15) is 4.79 Å². The van der Waals surface area contributed by atoms with Gasteiger partial charge in [0.05, 0.1) is 11.9 Å². The van der Waals surface area contributed by atoms with E-state index in [1.165, 1.54) is 0 Å². The van der Waals surface area contributed by atoms with Crippen molar-refractivity contribution in [2.75, 3.05) is 11.9 Å². The van der Waals surface area contributed by atoms with E-state index in [0.717, 1.165) is 18.8 Å². The van der Waals surface area contributed by atoms with E-state index in [2.05, 4.69) is 34.6 Å². The molecule has 2 heterocycles. The molecule has 6 nitrogen and oxygen atoms in total. The first kappa shape index (κ1) is 15.2. The van der Waals surface area contributed by atoms with E-state index >= 15 is 0 Å². The molecule has 2 rings (SSSR count). The molecule has 1 amide bonds. The van der Waals surface area contributed by atoms with Gasteiger partial charge in [-0.2, -0.15) is 5.10 Å². The molecule has 21 heavy (non-hydrogen) atoms. The van der Waals surface area contributed by atoms with Crippen LogP contribution in [-0.2, 0) is 4.79 Å². The molecular formula is C15H21N5O. The van der Waals surface area contributed by atoms with E-state index in [4.69, 9.17) is 0 Å². The van der Waals surface area contributed by atoms with Crippen LogP contribution in [0, 0.1) is 0 Å². The minimum absolute atomic E-state index is 0.00851. The summed E-state index contributed by atoms with van der Waals surface area (Å²) in [7, 11) is 0. The molecule has 0 radical (unpaired) electrons. The Balaban J connectivity index is 1.79. The monoisotopic (exact) mass is 287 g/mol. The van der Waals surface area contributed by atoms with Crippen molar-refractivity contribution in [3.63, 3.8) is 0 Å². The molecule has 0 saturated heterocycles. The molecule has 0 spiro atoms. The maximum Gasteiger partial charge on any atom is 0.224 e. The molecule has 0 aliphatic heterocycles. The van der Waals surface area contributed by atoms with E-state index in [1.807, 2.05) is 24.4 Å². The number of aromatic nitrogens is 3. The standard InChI is InChI=1S/C15H21N5O/c1-12(2)16-8-3-5-15(21)19-13-6-7-14(17-11-13)20-10-4-9-18-20/h4,6-7,9-12,16H,3,5,8H2,1-2H3,(H,19,21). The zero-order valence-electron chi connectivity index (χ0n) is 12.4. The van der Waals surface area contributed by atoms with E-state index < -0.39 is 0 Å². The second kappa shape index (κ2) is 7.54. The van der Waals surface area contributed by atoms with Crippen LogP contribution in [0.2, 0.25) is 0 Å². The number of pyridine rings is 1. The van der Waals surface area contributed by atoms with Crippen molar-refractivity contribution < 1.29 is 4.79 Å². The van der Waals surface area contributed by atoms with Gasteiger partial charge in [-0.25, -0.2) is 9.67 Å². The summed E-state index contributed by atoms with van der Waals surface area (Å²) in [5.41, 5.74) is 0.702. The van der Waals surface area contributed by atoms with Crippen LogP contribution < -0.4 is 10.6 Å². The average molecular weight is 287 g/mol. The van der Waals surface area contributed by atoms with Gasteiger partial charge in [0.15, 0.2) is 5.82 Å². The summed E-state index contributed by atoms with van der Waals surface area (Å²) in [6.45, 7) is 5.03. The summed E-state index contributed by atoms with van der Waals surface area (Å²) >= 11 is 0. The Morgan fingerprint density at radius 3 is 2.86 bits per heavy atom. The number of carbonyl (C=O) groups excluding carboxylic acids is 1. The molecule has 2 aromatic heterocycles. The van der Waals surface area contributed by atoms with Crippen molar-refractivity contribution in [2.45, 2.75) is 32.7 Å². The summed E-state index contributed by atoms with van der Waals surface area (Å²) < 4.78 is 1.67. The van der Waals surface area contributed by atoms with Gasteiger partial charge in [-0.15, -0.1) is 0 Å². The highest BCUT2D eigenvalue weighted by Crippen LogP contribution is 2.09. The van der Waals surface area contributed by atoms with Gasteiger partial charge >= 0.3 is 0 Å². The number of carbonyl (C=O) groups is 1. The summed E-state index contributed by atoms with van der Waals surface area (Å²) in [5, 5.41) is 10.2. The topological polar surface area (TPSA) is 71.8 Å². The molecular weight excluding hydrogens is 266 g/mol. The molecule has 0 fully saturated rings. The van der Waals surface area contributed by atoms with Crippen molar-refractivity contribution in [1.29, 1.82) is 0 Å². The molecule has 0 aromatic carbocycles. The lowest BCUT2D eigenvalue weighted by Gasteiger charge is -2.08. The van der Waals surface area contributed by atoms with Crippen molar-refractivity contribution in [1.82, 2.24) is 20.1 Å². The van der Waals surface area contributed by atoms with E-state index in [-0.39, 0.29) is 5.91 Å². The highest BCUT2D eigenvalue weighted by atomic mass is 16.1. The van der Waals surface area contributed by atoms with Gasteiger partial charge < -0.3 is 10.6 Å². The molecule has 6 heteroatoms. The number of hydrogen-bond acceptors (Lipinski definition) is 4. The summed E-state index contributed by atoms with van der Waals surface area (Å²) in [4.78, 5) is 16.1. The first-order valence-corrected chi connectivity index (χ1v) is 7.14. The number of amides is 1. The third-order valence-electron chi connectivity index (χ3n) is 2.90. The SMILES string of the molecule is CC(C)NCCCC(=O)Nc1ccc(-n2cccn2)nc1. The van der Waals surface area contributed by atoms with Crippen LogP contribution in [0.5, 0.6) is 0 Å². The van der Waals surface area contributed by atoms with Gasteiger partial charge in [-0.3, -0.25) is 4.79 Å². The predicted octanol–water partition coefficient (Wildman–Crippen LogP) is 1.98. The number of anilines is 1. The Hall–Kier alpha value is -2.21. The van der Waals surface area contributed by atoms with Crippen LogP contribution in [0.25, 0.3) is 5.82 Å². The Morgan fingerprint density at radius 1 is 1.38 bits per heavy atom. The van der Waals surface area contributed by atoms with Crippen LogP contribution in [0.4, 0.5) is 5.69 Å². The van der Waals surface area contributed by atoms with Crippen LogP contribution in [0.15, 0.2) is 36.8 Å². The molecule has 2 aromatic rings. The normalized spacial score (nSPS) is 10.8. The quantitative estimate of drug-likeness (QED) is 0.764. The fraction of sp³-hybridized carbons (Fsp3) is 0.400. The van der Waals surface area contributed by atoms with Crippen LogP contribution in [-0.4, -0.2) is 33.3 Å². The minimum atomic E-state index is 0.00851. The summed E-state index contributed by atoms with van der Waals surface area (Å²) in [6.07, 6.45) is 6.48. The summed E-state index contributed by atoms with van der Waals surface area (Å²) in [5.74, 6) is 0.730. The fourth-order valence-electron chi connectivity index (χ4n) is 1.86. The highest BCUT2D eigenvalue weighted by molar-refractivity contribution is 5.90. The number of nitrogens with one attached hydrogen (secondary N) is 2. The van der Waals surface area contributed by atoms with Gasteiger partial charge in [0.25, 0.3) is 0 Å². The second-order valence-electron chi connectivity index (χ2n) is 5.12. The van der Waals surface area contributed by atoms with Crippen molar-refractivity contribution in [3.05, 3.63) is 36.8 Å². The number of nitrogens with zero attached hydrogens (tertiary/aromatic N) is 3. The maximum absolute atomic E-state index is 11.8. The molecule has 0 aliphatic carbocycles. The fourth-order valence-corrected chi connectivity index (χ4v) is 1.86. The third kappa shape index (κ3) is 5.00. The molecule has 0 unspecified atom stereocenters. The van der Waals surface area contributed by atoms with E-state index in [0.29, 0.717) is 18.2 Å². The van der Waals surface area contributed by atoms with Crippen molar-refractivity contribution >= 4 is 11.6 Å². The largest absolute Gasteiger partial charge is 0.325 e. The lowest BCUT2D eigenvalue weighted by Crippen LogP contribution is -2.24. The highest BCUT2D eigenvalue weighted by Gasteiger charge is 2.04. The molecule has 2 N–H and O–H groups in total. The van der Waals surface area contributed by atoms with Gasteiger partial charge in [0.1, 0.15) is 0 Å². The first-order valence-electron chi connectivity index (χ1n) is 7.14. The average Bonchev–Trinajstić information content (AvgIpc) is 2.98. The molecule has 0 atom stereocenters. The first-order chi connectivity index (χ1) is 10.1. The van der Waals surface area contributed by atoms with Crippen LogP contribution >= 0.6 is 0 Å². The lowest BCUT2D eigenvalue weighted by molar-refractivity contribution is -0.116. The van der Waals surface area contributed by atoms with E-state index in [1.54, 1.807) is 17.1 Å². The van der Waals surface area contributed by atoms with Gasteiger partial charge in [-0.05, 0) is 31.2 Å². The van der Waals surface area contributed by atoms with Gasteiger partial charge in [0.2, 0.25) is 5.91 Å². The van der Waals surface area contributed by atoms with Crippen molar-refractivity contribution in [2.24, 2.45) is 0 Å². The zero-order valence-corrected chi connectivity index (χ0v) is 12.4. The number of hydrogen-bond donors (Lipinski definition) is 2. The molecule has 0 bridgehead atoms. The Kier molecular flexibility index (Phi) is 5.45. The summed E-state index contributed by atoms with van der Waals surface area (Å²) in [6, 6.07) is 5.94. The predicted molar refractivity (Wildman–Crippen MR) is 82.4 cm³/mol. The van der Waals surface area contributed by atoms with Crippen LogP contribution in [0.3, 0.4) is 0 Å². The van der Waals surface area contributed by atoms with Gasteiger partial charge in [-0.1, -0.05) is 13.8 Å².